The highest BCUT2D eigenvalue weighted by molar-refractivity contribution is 5.31. The van der Waals surface area contributed by atoms with Gasteiger partial charge < -0.3 is 112 Å². The van der Waals surface area contributed by atoms with E-state index in [1.807, 2.05) is 20.8 Å². The number of aliphatic hydroxyl groups excluding tert-OH is 8. The summed E-state index contributed by atoms with van der Waals surface area (Å²) >= 11 is 0. The van der Waals surface area contributed by atoms with E-state index in [0.717, 1.165) is 0 Å². The number of hydrogen-bond acceptors (Lipinski definition) is 23. The van der Waals surface area contributed by atoms with Crippen LogP contribution in [0.4, 0.5) is 0 Å². The molecule has 450 valence electrons. The lowest BCUT2D eigenvalue weighted by molar-refractivity contribution is -0.374. The van der Waals surface area contributed by atoms with Gasteiger partial charge in [0.25, 0.3) is 0 Å². The average Bonchev–Trinajstić information content (AvgIpc) is 3.89. The van der Waals surface area contributed by atoms with E-state index in [4.69, 9.17) is 66.3 Å². The Bertz CT molecular complexity index is 2000. The fourth-order valence-corrected chi connectivity index (χ4v) is 15.8. The minimum absolute atomic E-state index is 0.160. The molecule has 23 heteroatoms. The van der Waals surface area contributed by atoms with E-state index in [0.29, 0.717) is 51.4 Å². The Balaban J connectivity index is 0.762. The second-order valence-electron chi connectivity index (χ2n) is 24.4. The number of fused-ring (bicyclic) bond motifs is 5. The summed E-state index contributed by atoms with van der Waals surface area (Å²) in [6, 6.07) is 0. The van der Waals surface area contributed by atoms with E-state index in [9.17, 15) is 46.0 Å². The topological polar surface area (TPSA) is 311 Å². The molecule has 0 radical (unpaired) electrons. The highest BCUT2D eigenvalue weighted by atomic mass is 16.8. The molecular formula is C55H92O23. The van der Waals surface area contributed by atoms with Gasteiger partial charge in [0.05, 0.1) is 79.4 Å². The van der Waals surface area contributed by atoms with Gasteiger partial charge in [0.2, 0.25) is 0 Å². The second kappa shape index (κ2) is 24.4. The summed E-state index contributed by atoms with van der Waals surface area (Å²) in [4.78, 5) is 0. The highest BCUT2D eigenvalue weighted by Crippen LogP contribution is 2.68. The van der Waals surface area contributed by atoms with Crippen LogP contribution < -0.4 is 0 Å². The number of methoxy groups -OCH3 is 4. The second-order valence-corrected chi connectivity index (χ2v) is 24.4. The largest absolute Gasteiger partial charge is 0.394 e. The first-order chi connectivity index (χ1) is 37.0. The first-order valence-electron chi connectivity index (χ1n) is 28.4. The fourth-order valence-electron chi connectivity index (χ4n) is 15.8. The third-order valence-corrected chi connectivity index (χ3v) is 20.2. The summed E-state index contributed by atoms with van der Waals surface area (Å²) in [7, 11) is 6.16. The molecule has 5 aliphatic heterocycles. The zero-order chi connectivity index (χ0) is 56.5. The summed E-state index contributed by atoms with van der Waals surface area (Å²) in [5.41, 5.74) is -1.53. The van der Waals surface area contributed by atoms with Crippen molar-refractivity contribution in [3.63, 3.8) is 0 Å². The van der Waals surface area contributed by atoms with E-state index in [1.165, 1.54) is 12.7 Å². The molecular weight excluding hydrogens is 1030 g/mol. The minimum Gasteiger partial charge on any atom is -0.394 e. The molecule has 9 aliphatic rings. The van der Waals surface area contributed by atoms with Gasteiger partial charge in [0.1, 0.15) is 61.0 Å². The molecule has 24 unspecified atom stereocenters. The van der Waals surface area contributed by atoms with Gasteiger partial charge in [0, 0.05) is 59.0 Å². The smallest absolute Gasteiger partial charge is 0.187 e. The van der Waals surface area contributed by atoms with Crippen molar-refractivity contribution in [2.45, 2.75) is 271 Å². The van der Waals surface area contributed by atoms with E-state index < -0.39 is 177 Å². The molecule has 5 heterocycles. The van der Waals surface area contributed by atoms with Gasteiger partial charge in [-0.2, -0.15) is 0 Å². The van der Waals surface area contributed by atoms with Crippen molar-refractivity contribution >= 4 is 0 Å². The molecule has 0 aromatic rings. The maximum absolute atomic E-state index is 12.5. The molecule has 0 aromatic heterocycles. The van der Waals surface area contributed by atoms with Gasteiger partial charge in [0.15, 0.2) is 31.5 Å². The van der Waals surface area contributed by atoms with Crippen LogP contribution in [0, 0.1) is 28.6 Å². The van der Waals surface area contributed by atoms with Gasteiger partial charge in [-0.05, 0) is 90.4 Å². The maximum Gasteiger partial charge on any atom is 0.187 e. The summed E-state index contributed by atoms with van der Waals surface area (Å²) in [6.07, 6.45) is -16.3. The molecule has 0 amide bonds. The van der Waals surface area contributed by atoms with Gasteiger partial charge in [-0.25, -0.2) is 0 Å². The molecule has 0 bridgehead atoms. The first-order valence-corrected chi connectivity index (χ1v) is 28.4. The molecule has 8 fully saturated rings. The molecule has 5 saturated heterocycles. The van der Waals surface area contributed by atoms with Crippen LogP contribution in [-0.4, -0.2) is 246 Å². The molecule has 4 aliphatic carbocycles. The van der Waals surface area contributed by atoms with E-state index >= 15 is 0 Å². The van der Waals surface area contributed by atoms with E-state index in [1.54, 1.807) is 42.1 Å². The van der Waals surface area contributed by atoms with Gasteiger partial charge in [-0.3, -0.25) is 0 Å². The Morgan fingerprint density at radius 3 is 1.63 bits per heavy atom. The number of ether oxygens (including phenoxy) is 14. The number of rotatable bonds is 16. The van der Waals surface area contributed by atoms with Crippen LogP contribution in [0.1, 0.15) is 106 Å². The molecule has 0 aromatic carbocycles. The third kappa shape index (κ3) is 11.0. The quantitative estimate of drug-likeness (QED) is 0.0939. The first kappa shape index (κ1) is 61.4. The van der Waals surface area contributed by atoms with Crippen molar-refractivity contribution in [1.82, 2.24) is 0 Å². The summed E-state index contributed by atoms with van der Waals surface area (Å²) in [6.45, 7) is 12.4. The number of hydrogen-bond donors (Lipinski definition) is 9. The van der Waals surface area contributed by atoms with Gasteiger partial charge >= 0.3 is 0 Å². The molecule has 23 nitrogen and oxygen atoms in total. The molecule has 0 spiro atoms. The Hall–Kier alpha value is -1.18. The van der Waals surface area contributed by atoms with Crippen LogP contribution in [0.3, 0.4) is 0 Å². The van der Waals surface area contributed by atoms with Gasteiger partial charge in [-0.15, -0.1) is 0 Å². The van der Waals surface area contributed by atoms with Gasteiger partial charge in [-0.1, -0.05) is 25.5 Å². The standard InChI is InChI=1S/C55H92O23/c1-23(57)30-15-17-55(64)31-13-12-28-18-29(14-16-53(28,6)39(31)41(59)50(63)54(30,55)7)73-36-19-32(65-8)45(24(2)69-36)75-37-20-33(66-9)46(25(3)70-37)76-38-21-34(67-10)47(26(4)71-38)77-52-44(62)49(68-11)48(27(5)72-52)78-51-43(61)42(60)40(58)35(22-56)74-51/h12,23-27,29-52,56-64H,13-22H2,1-11H3/t23-,24?,25?,26?,27?,29-,30+,31?,32?,33?,34?,35?,36?,37?,38?,39?,40?,41-,42?,43?,44?,45?,46?,47?,48?,49?,50+,51?,52?,53-,54-,55-/m0/s1. The SMILES string of the molecule is COC1CC(O[C@H]2CC[C@@]3(C)C(=CCC4C3[C@H](O)[C@@H](O)[C@]3(C)[C@@H]([C@H](C)O)CC[C@]43O)C2)OC(C)C1OC1CC(OC)C(OC2CC(OC)C(OC3OC(C)C(OC4OC(CO)C(O)C(O)C4O)C(OC)C3O)C(C)O2)C(C)O1. The van der Waals surface area contributed by atoms with Crippen LogP contribution >= 0.6 is 0 Å². The van der Waals surface area contributed by atoms with Crippen LogP contribution in [0.2, 0.25) is 0 Å². The van der Waals surface area contributed by atoms with Crippen molar-refractivity contribution in [3.8, 4) is 0 Å². The molecule has 9 N–H and O–H groups in total. The Kier molecular flexibility index (Phi) is 19.2. The normalized spacial score (nSPS) is 54.1. The third-order valence-electron chi connectivity index (χ3n) is 20.2. The van der Waals surface area contributed by atoms with Crippen molar-refractivity contribution < 1.29 is 112 Å². The Labute approximate surface area is 457 Å². The predicted molar refractivity (Wildman–Crippen MR) is 270 cm³/mol. The zero-order valence-corrected chi connectivity index (χ0v) is 47.1. The summed E-state index contributed by atoms with van der Waals surface area (Å²) < 4.78 is 87.1. The zero-order valence-electron chi connectivity index (χ0n) is 47.1. The minimum atomic E-state index is -1.67. The maximum atomic E-state index is 12.5. The van der Waals surface area contributed by atoms with Crippen LogP contribution in [0.25, 0.3) is 0 Å². The van der Waals surface area contributed by atoms with Crippen LogP contribution in [0.15, 0.2) is 11.6 Å². The van der Waals surface area contributed by atoms with E-state index in [2.05, 4.69) is 13.0 Å². The average molecular weight is 1120 g/mol. The molecule has 78 heavy (non-hydrogen) atoms. The Morgan fingerprint density at radius 2 is 1.10 bits per heavy atom. The lowest BCUT2D eigenvalue weighted by atomic mass is 9.44. The van der Waals surface area contributed by atoms with Crippen LogP contribution in [-0.2, 0) is 66.3 Å². The molecule has 9 rings (SSSR count). The van der Waals surface area contributed by atoms with Crippen molar-refractivity contribution in [1.29, 1.82) is 0 Å². The van der Waals surface area contributed by atoms with Crippen molar-refractivity contribution in [3.05, 3.63) is 11.6 Å². The molecule has 32 atom stereocenters. The Morgan fingerprint density at radius 1 is 0.590 bits per heavy atom. The summed E-state index contributed by atoms with van der Waals surface area (Å²) in [5, 5.41) is 99.2. The van der Waals surface area contributed by atoms with Crippen LogP contribution in [0.5, 0.6) is 0 Å². The van der Waals surface area contributed by atoms with Crippen molar-refractivity contribution in [2.75, 3.05) is 35.0 Å². The van der Waals surface area contributed by atoms with Crippen molar-refractivity contribution in [2.24, 2.45) is 28.6 Å². The predicted octanol–water partition coefficient (Wildman–Crippen LogP) is 0.299. The lowest BCUT2D eigenvalue weighted by Crippen LogP contribution is -2.71. The monoisotopic (exact) mass is 1120 g/mol. The fraction of sp³-hybridized carbons (Fsp3) is 0.964. The highest BCUT2D eigenvalue weighted by Gasteiger charge is 2.73. The molecule has 3 saturated carbocycles. The van der Waals surface area contributed by atoms with E-state index in [-0.39, 0.29) is 30.3 Å². The summed E-state index contributed by atoms with van der Waals surface area (Å²) in [5.74, 6) is -0.922. The number of aliphatic hydroxyl groups is 9. The number of allylic oxidation sites excluding steroid dienone is 1. The lowest BCUT2D eigenvalue weighted by Gasteiger charge is -2.64.